The number of aliphatic hydroxyl groups is 1. The minimum absolute atomic E-state index is 0.00119. The van der Waals surface area contributed by atoms with Gasteiger partial charge in [-0.15, -0.1) is 0 Å². The third-order valence-corrected chi connectivity index (χ3v) is 2.41. The van der Waals surface area contributed by atoms with Gasteiger partial charge in [0.15, 0.2) is 0 Å². The van der Waals surface area contributed by atoms with Gasteiger partial charge in [-0.1, -0.05) is 30.3 Å². The minimum atomic E-state index is -0.00119. The summed E-state index contributed by atoms with van der Waals surface area (Å²) in [4.78, 5) is 2.19. The van der Waals surface area contributed by atoms with Crippen LogP contribution in [0, 0.1) is 0 Å². The van der Waals surface area contributed by atoms with E-state index in [4.69, 9.17) is 9.84 Å². The van der Waals surface area contributed by atoms with Crippen LogP contribution in [0.5, 0.6) is 0 Å². The first-order valence-corrected chi connectivity index (χ1v) is 4.87. The van der Waals surface area contributed by atoms with Crippen LogP contribution in [0.4, 0.5) is 0 Å². The number of hydrogen-bond donors (Lipinski definition) is 1. The molecule has 1 atom stereocenters. The van der Waals surface area contributed by atoms with Gasteiger partial charge in [0, 0.05) is 13.1 Å². The number of benzene rings is 1. The molecule has 1 fully saturated rings. The highest BCUT2D eigenvalue weighted by atomic mass is 16.5. The van der Waals surface area contributed by atoms with Crippen molar-refractivity contribution in [2.24, 2.45) is 0 Å². The molecular weight excluding hydrogens is 178 g/mol. The van der Waals surface area contributed by atoms with Gasteiger partial charge in [-0.25, -0.2) is 0 Å². The van der Waals surface area contributed by atoms with Crippen LogP contribution in [0.25, 0.3) is 0 Å². The highest BCUT2D eigenvalue weighted by molar-refractivity contribution is 5.14. The molecule has 0 aromatic heterocycles. The smallest absolute Gasteiger partial charge is 0.0999 e. The van der Waals surface area contributed by atoms with Crippen molar-refractivity contribution < 1.29 is 9.84 Å². The topological polar surface area (TPSA) is 32.7 Å². The van der Waals surface area contributed by atoms with Gasteiger partial charge in [-0.2, -0.15) is 0 Å². The van der Waals surface area contributed by atoms with E-state index >= 15 is 0 Å². The van der Waals surface area contributed by atoms with Gasteiger partial charge in [0.2, 0.25) is 0 Å². The maximum absolute atomic E-state index is 8.90. The van der Waals surface area contributed by atoms with E-state index in [0.29, 0.717) is 6.73 Å². The molecule has 1 aliphatic rings. The Kier molecular flexibility index (Phi) is 3.14. The molecule has 0 amide bonds. The summed E-state index contributed by atoms with van der Waals surface area (Å²) in [5, 5.41) is 8.90. The van der Waals surface area contributed by atoms with Crippen molar-refractivity contribution in [3.05, 3.63) is 35.9 Å². The summed E-state index contributed by atoms with van der Waals surface area (Å²) in [6.07, 6.45) is -0.00119. The van der Waals surface area contributed by atoms with Crippen molar-refractivity contribution in [2.45, 2.75) is 12.6 Å². The molecule has 1 aromatic carbocycles. The summed E-state index contributed by atoms with van der Waals surface area (Å²) in [5.41, 5.74) is 1.29. The summed E-state index contributed by atoms with van der Waals surface area (Å²) in [7, 11) is 0. The molecule has 1 unspecified atom stereocenters. The second-order valence-corrected chi connectivity index (χ2v) is 3.60. The molecule has 1 saturated heterocycles. The van der Waals surface area contributed by atoms with E-state index in [0.717, 1.165) is 13.1 Å². The molecule has 1 aromatic rings. The lowest BCUT2D eigenvalue weighted by atomic mass is 10.2. The highest BCUT2D eigenvalue weighted by Crippen LogP contribution is 2.11. The Hall–Kier alpha value is -0.900. The number of nitrogens with zero attached hydrogens (tertiary/aromatic N) is 1. The Balaban J connectivity index is 1.88. The first kappa shape index (κ1) is 9.65. The third-order valence-electron chi connectivity index (χ3n) is 2.41. The molecule has 0 saturated carbocycles. The predicted molar refractivity (Wildman–Crippen MR) is 53.7 cm³/mol. The van der Waals surface area contributed by atoms with Gasteiger partial charge < -0.3 is 9.84 Å². The van der Waals surface area contributed by atoms with E-state index in [2.05, 4.69) is 17.0 Å². The van der Waals surface area contributed by atoms with E-state index < -0.39 is 0 Å². The lowest BCUT2D eigenvalue weighted by molar-refractivity contribution is 0.0513. The van der Waals surface area contributed by atoms with Crippen molar-refractivity contribution >= 4 is 0 Å². The fraction of sp³-hybridized carbons (Fsp3) is 0.455. The molecule has 3 nitrogen and oxygen atoms in total. The predicted octanol–water partition coefficient (Wildman–Crippen LogP) is 0.837. The summed E-state index contributed by atoms with van der Waals surface area (Å²) < 4.78 is 5.36. The van der Waals surface area contributed by atoms with Crippen LogP contribution in [-0.2, 0) is 11.3 Å². The molecule has 14 heavy (non-hydrogen) atoms. The largest absolute Gasteiger partial charge is 0.394 e. The molecule has 2 rings (SSSR count). The van der Waals surface area contributed by atoms with E-state index in [1.807, 2.05) is 18.2 Å². The average Bonchev–Trinajstić information content (AvgIpc) is 2.67. The molecule has 1 heterocycles. The van der Waals surface area contributed by atoms with E-state index in [1.165, 1.54) is 5.56 Å². The van der Waals surface area contributed by atoms with Gasteiger partial charge in [0.1, 0.15) is 0 Å². The number of ether oxygens (including phenoxy) is 1. The van der Waals surface area contributed by atoms with Crippen LogP contribution in [-0.4, -0.2) is 36.0 Å². The van der Waals surface area contributed by atoms with Crippen molar-refractivity contribution in [2.75, 3.05) is 19.9 Å². The van der Waals surface area contributed by atoms with E-state index in [1.54, 1.807) is 0 Å². The number of rotatable bonds is 3. The van der Waals surface area contributed by atoms with Crippen LogP contribution in [0.15, 0.2) is 30.3 Å². The maximum atomic E-state index is 8.90. The van der Waals surface area contributed by atoms with Crippen LogP contribution >= 0.6 is 0 Å². The normalized spacial score (nSPS) is 22.8. The van der Waals surface area contributed by atoms with Gasteiger partial charge in [0.25, 0.3) is 0 Å². The SMILES string of the molecule is OCC1CN(Cc2ccccc2)CO1. The fourth-order valence-electron chi connectivity index (χ4n) is 1.67. The second kappa shape index (κ2) is 4.55. The zero-order chi connectivity index (χ0) is 9.80. The summed E-state index contributed by atoms with van der Waals surface area (Å²) in [5.74, 6) is 0. The van der Waals surface area contributed by atoms with Crippen molar-refractivity contribution in [1.82, 2.24) is 4.90 Å². The molecule has 0 radical (unpaired) electrons. The molecule has 0 aliphatic carbocycles. The minimum Gasteiger partial charge on any atom is -0.394 e. The first-order valence-electron chi connectivity index (χ1n) is 4.87. The Morgan fingerprint density at radius 3 is 2.79 bits per heavy atom. The van der Waals surface area contributed by atoms with Crippen molar-refractivity contribution in [3.8, 4) is 0 Å². The summed E-state index contributed by atoms with van der Waals surface area (Å²) >= 11 is 0. The van der Waals surface area contributed by atoms with Gasteiger partial charge >= 0.3 is 0 Å². The van der Waals surface area contributed by atoms with Gasteiger partial charge in [0.05, 0.1) is 19.4 Å². The quantitative estimate of drug-likeness (QED) is 0.772. The third kappa shape index (κ3) is 2.32. The standard InChI is InChI=1S/C11H15NO2/c13-8-11-7-12(9-14-11)6-10-4-2-1-3-5-10/h1-5,11,13H,6-9H2. The molecule has 3 heteroatoms. The zero-order valence-electron chi connectivity index (χ0n) is 8.10. The maximum Gasteiger partial charge on any atom is 0.0999 e. The Morgan fingerprint density at radius 1 is 1.36 bits per heavy atom. The Morgan fingerprint density at radius 2 is 2.14 bits per heavy atom. The molecule has 1 aliphatic heterocycles. The summed E-state index contributed by atoms with van der Waals surface area (Å²) in [6.45, 7) is 2.47. The molecule has 0 bridgehead atoms. The van der Waals surface area contributed by atoms with Crippen molar-refractivity contribution in [3.63, 3.8) is 0 Å². The molecule has 1 N–H and O–H groups in total. The lowest BCUT2D eigenvalue weighted by Gasteiger charge is -2.12. The van der Waals surface area contributed by atoms with Crippen LogP contribution < -0.4 is 0 Å². The number of hydrogen-bond acceptors (Lipinski definition) is 3. The van der Waals surface area contributed by atoms with Crippen LogP contribution in [0.3, 0.4) is 0 Å². The average molecular weight is 193 g/mol. The lowest BCUT2D eigenvalue weighted by Crippen LogP contribution is -2.23. The fourth-order valence-corrected chi connectivity index (χ4v) is 1.67. The molecular formula is C11H15NO2. The molecule has 0 spiro atoms. The second-order valence-electron chi connectivity index (χ2n) is 3.60. The summed E-state index contributed by atoms with van der Waals surface area (Å²) in [6, 6.07) is 10.3. The highest BCUT2D eigenvalue weighted by Gasteiger charge is 2.21. The van der Waals surface area contributed by atoms with E-state index in [9.17, 15) is 0 Å². The first-order chi connectivity index (χ1) is 6.88. The Bertz CT molecular complexity index is 276. The monoisotopic (exact) mass is 193 g/mol. The van der Waals surface area contributed by atoms with Crippen molar-refractivity contribution in [1.29, 1.82) is 0 Å². The van der Waals surface area contributed by atoms with Gasteiger partial charge in [-0.3, -0.25) is 4.90 Å². The Labute approximate surface area is 83.9 Å². The molecule has 76 valence electrons. The van der Waals surface area contributed by atoms with E-state index in [-0.39, 0.29) is 12.7 Å². The van der Waals surface area contributed by atoms with Crippen LogP contribution in [0.1, 0.15) is 5.56 Å². The van der Waals surface area contributed by atoms with Crippen LogP contribution in [0.2, 0.25) is 0 Å². The zero-order valence-corrected chi connectivity index (χ0v) is 8.10. The van der Waals surface area contributed by atoms with Gasteiger partial charge in [-0.05, 0) is 5.56 Å². The number of aliphatic hydroxyl groups excluding tert-OH is 1.